The highest BCUT2D eigenvalue weighted by atomic mass is 16.6. The molecule has 0 aromatic heterocycles. The molecule has 2 aromatic rings. The molecule has 2 amide bonds. The fourth-order valence-electron chi connectivity index (χ4n) is 3.98. The highest BCUT2D eigenvalue weighted by Crippen LogP contribution is 2.32. The molecule has 144 valence electrons. The maximum absolute atomic E-state index is 12.6. The number of fused-ring (bicyclic) bond motifs is 1. The second-order valence-corrected chi connectivity index (χ2v) is 7.19. The molecule has 2 aliphatic rings. The molecule has 4 rings (SSSR count). The molecule has 1 saturated carbocycles. The Morgan fingerprint density at radius 2 is 1.61 bits per heavy atom. The molecule has 0 atom stereocenters. The molecule has 0 unspecified atom stereocenters. The predicted molar refractivity (Wildman–Crippen MR) is 101 cm³/mol. The number of amides is 2. The number of rotatable bonds is 5. The number of ether oxygens (including phenoxy) is 1. The standard InChI is InChI=1S/C21H20N2O5/c24-20-18-6-1-2-7-19(18)21(25)22(20)15-8-10-17(11-9-15)28-13-14-4-3-5-16(12-14)23(26)27/h1-7,12,15,17H,8-11,13H2. The first-order valence-corrected chi connectivity index (χ1v) is 9.36. The Balaban J connectivity index is 1.33. The summed E-state index contributed by atoms with van der Waals surface area (Å²) in [7, 11) is 0. The smallest absolute Gasteiger partial charge is 0.269 e. The Kier molecular flexibility index (Phi) is 4.92. The SMILES string of the molecule is O=C1c2ccccc2C(=O)N1C1CCC(OCc2cccc([N+](=O)[O-])c2)CC1. The van der Waals surface area contributed by atoms with Crippen LogP contribution in [0.15, 0.2) is 48.5 Å². The lowest BCUT2D eigenvalue weighted by Crippen LogP contribution is -2.43. The van der Waals surface area contributed by atoms with E-state index in [2.05, 4.69) is 0 Å². The Morgan fingerprint density at radius 3 is 2.21 bits per heavy atom. The van der Waals surface area contributed by atoms with Gasteiger partial charge in [-0.3, -0.25) is 24.6 Å². The van der Waals surface area contributed by atoms with Crippen molar-refractivity contribution in [2.24, 2.45) is 0 Å². The van der Waals surface area contributed by atoms with Crippen molar-refractivity contribution in [3.8, 4) is 0 Å². The molecule has 7 nitrogen and oxygen atoms in total. The van der Waals surface area contributed by atoms with E-state index in [9.17, 15) is 19.7 Å². The van der Waals surface area contributed by atoms with Gasteiger partial charge in [-0.05, 0) is 43.4 Å². The second-order valence-electron chi connectivity index (χ2n) is 7.19. The minimum Gasteiger partial charge on any atom is -0.374 e. The third-order valence-corrected chi connectivity index (χ3v) is 5.44. The number of nitro groups is 1. The predicted octanol–water partition coefficient (Wildman–Crippen LogP) is 3.72. The summed E-state index contributed by atoms with van der Waals surface area (Å²) in [5.41, 5.74) is 1.78. The van der Waals surface area contributed by atoms with Gasteiger partial charge in [-0.2, -0.15) is 0 Å². The van der Waals surface area contributed by atoms with Crippen LogP contribution in [0.25, 0.3) is 0 Å². The van der Waals surface area contributed by atoms with E-state index in [0.29, 0.717) is 30.6 Å². The van der Waals surface area contributed by atoms with Crippen LogP contribution >= 0.6 is 0 Å². The lowest BCUT2D eigenvalue weighted by Gasteiger charge is -2.33. The summed E-state index contributed by atoms with van der Waals surface area (Å²) in [6.45, 7) is 0.310. The molecule has 0 spiro atoms. The van der Waals surface area contributed by atoms with Crippen molar-refractivity contribution in [1.29, 1.82) is 0 Å². The number of hydrogen-bond acceptors (Lipinski definition) is 5. The molecule has 0 saturated heterocycles. The first kappa shape index (κ1) is 18.3. The highest BCUT2D eigenvalue weighted by Gasteiger charge is 2.40. The van der Waals surface area contributed by atoms with E-state index < -0.39 is 4.92 Å². The van der Waals surface area contributed by atoms with Gasteiger partial charge in [0, 0.05) is 18.2 Å². The molecule has 1 fully saturated rings. The summed E-state index contributed by atoms with van der Waals surface area (Å²) in [5.74, 6) is -0.414. The topological polar surface area (TPSA) is 89.8 Å². The van der Waals surface area contributed by atoms with Crippen LogP contribution in [0.5, 0.6) is 0 Å². The van der Waals surface area contributed by atoms with E-state index in [1.165, 1.54) is 17.0 Å². The van der Waals surface area contributed by atoms with Crippen molar-refractivity contribution in [1.82, 2.24) is 4.90 Å². The van der Waals surface area contributed by atoms with E-state index in [1.54, 1.807) is 36.4 Å². The van der Waals surface area contributed by atoms with Gasteiger partial charge in [0.2, 0.25) is 0 Å². The molecule has 0 radical (unpaired) electrons. The molecule has 0 N–H and O–H groups in total. The first-order chi connectivity index (χ1) is 13.5. The van der Waals surface area contributed by atoms with Gasteiger partial charge in [0.1, 0.15) is 0 Å². The number of imide groups is 1. The van der Waals surface area contributed by atoms with Gasteiger partial charge in [-0.15, -0.1) is 0 Å². The Bertz CT molecular complexity index is 899. The maximum atomic E-state index is 12.6. The van der Waals surface area contributed by atoms with E-state index in [1.807, 2.05) is 0 Å². The summed E-state index contributed by atoms with van der Waals surface area (Å²) in [5, 5.41) is 10.9. The van der Waals surface area contributed by atoms with Crippen molar-refractivity contribution in [3.05, 3.63) is 75.3 Å². The molecule has 28 heavy (non-hydrogen) atoms. The molecule has 1 aliphatic heterocycles. The van der Waals surface area contributed by atoms with Crippen LogP contribution in [0.2, 0.25) is 0 Å². The van der Waals surface area contributed by atoms with Gasteiger partial charge in [0.25, 0.3) is 17.5 Å². The number of carbonyl (C=O) groups is 2. The zero-order valence-corrected chi connectivity index (χ0v) is 15.2. The molecule has 7 heteroatoms. The van der Waals surface area contributed by atoms with Crippen LogP contribution < -0.4 is 0 Å². The number of nitro benzene ring substituents is 1. The van der Waals surface area contributed by atoms with Crippen molar-refractivity contribution in [2.45, 2.75) is 44.4 Å². The van der Waals surface area contributed by atoms with Crippen LogP contribution in [-0.2, 0) is 11.3 Å². The number of non-ortho nitro benzene ring substituents is 1. The summed E-state index contributed by atoms with van der Waals surface area (Å²) >= 11 is 0. The number of benzene rings is 2. The van der Waals surface area contributed by atoms with Crippen molar-refractivity contribution in [2.75, 3.05) is 0 Å². The van der Waals surface area contributed by atoms with Crippen LogP contribution in [0.3, 0.4) is 0 Å². The van der Waals surface area contributed by atoms with E-state index >= 15 is 0 Å². The summed E-state index contributed by atoms with van der Waals surface area (Å²) < 4.78 is 5.92. The third kappa shape index (κ3) is 3.41. The lowest BCUT2D eigenvalue weighted by atomic mass is 9.92. The van der Waals surface area contributed by atoms with Gasteiger partial charge < -0.3 is 4.74 Å². The quantitative estimate of drug-likeness (QED) is 0.448. The van der Waals surface area contributed by atoms with Crippen LogP contribution in [0, 0.1) is 10.1 Å². The zero-order valence-electron chi connectivity index (χ0n) is 15.2. The number of hydrogen-bond donors (Lipinski definition) is 0. The van der Waals surface area contributed by atoms with Crippen LogP contribution in [-0.4, -0.2) is 33.8 Å². The Labute approximate surface area is 162 Å². The fourth-order valence-corrected chi connectivity index (χ4v) is 3.98. The Hall–Kier alpha value is -3.06. The van der Waals surface area contributed by atoms with E-state index in [4.69, 9.17) is 4.74 Å². The van der Waals surface area contributed by atoms with Gasteiger partial charge in [0.15, 0.2) is 0 Å². The zero-order chi connectivity index (χ0) is 19.7. The molecule has 1 aliphatic carbocycles. The average Bonchev–Trinajstić information content (AvgIpc) is 2.98. The summed E-state index contributed by atoms with van der Waals surface area (Å²) in [4.78, 5) is 37.1. The number of nitrogens with zero attached hydrogens (tertiary/aromatic N) is 2. The van der Waals surface area contributed by atoms with Gasteiger partial charge in [-0.1, -0.05) is 24.3 Å². The maximum Gasteiger partial charge on any atom is 0.269 e. The Morgan fingerprint density at radius 1 is 0.964 bits per heavy atom. The van der Waals surface area contributed by atoms with Gasteiger partial charge >= 0.3 is 0 Å². The van der Waals surface area contributed by atoms with Crippen molar-refractivity contribution in [3.63, 3.8) is 0 Å². The van der Waals surface area contributed by atoms with E-state index in [-0.39, 0.29) is 29.6 Å². The van der Waals surface area contributed by atoms with Crippen molar-refractivity contribution >= 4 is 17.5 Å². The fraction of sp³-hybridized carbons (Fsp3) is 0.333. The monoisotopic (exact) mass is 380 g/mol. The van der Waals surface area contributed by atoms with Gasteiger partial charge in [0.05, 0.1) is 28.8 Å². The molecular formula is C21H20N2O5. The third-order valence-electron chi connectivity index (χ3n) is 5.44. The number of carbonyl (C=O) groups excluding carboxylic acids is 2. The summed E-state index contributed by atoms with van der Waals surface area (Å²) in [6.07, 6.45) is 2.90. The van der Waals surface area contributed by atoms with Crippen LogP contribution in [0.4, 0.5) is 5.69 Å². The lowest BCUT2D eigenvalue weighted by molar-refractivity contribution is -0.385. The molecule has 1 heterocycles. The second kappa shape index (κ2) is 7.52. The first-order valence-electron chi connectivity index (χ1n) is 9.36. The van der Waals surface area contributed by atoms with Crippen molar-refractivity contribution < 1.29 is 19.2 Å². The molecule has 2 aromatic carbocycles. The van der Waals surface area contributed by atoms with Crippen LogP contribution in [0.1, 0.15) is 52.0 Å². The van der Waals surface area contributed by atoms with E-state index in [0.717, 1.165) is 18.4 Å². The average molecular weight is 380 g/mol. The normalized spacial score (nSPS) is 21.6. The minimum atomic E-state index is -0.420. The highest BCUT2D eigenvalue weighted by molar-refractivity contribution is 6.21. The summed E-state index contributed by atoms with van der Waals surface area (Å²) in [6, 6.07) is 13.3. The molecule has 0 bridgehead atoms. The molecular weight excluding hydrogens is 360 g/mol. The minimum absolute atomic E-state index is 0.0192. The van der Waals surface area contributed by atoms with Gasteiger partial charge in [-0.25, -0.2) is 0 Å². The largest absolute Gasteiger partial charge is 0.374 e.